The van der Waals surface area contributed by atoms with Gasteiger partial charge in [-0.25, -0.2) is 4.79 Å². The SMILES string of the molecule is CCC(C)C(O)CNC(=O)NC(C)c1cccc(OC(F)F)c1. The summed E-state index contributed by atoms with van der Waals surface area (Å²) in [7, 11) is 0. The molecule has 23 heavy (non-hydrogen) atoms. The van der Waals surface area contributed by atoms with Gasteiger partial charge in [-0.05, 0) is 30.5 Å². The number of aliphatic hydroxyl groups is 1. The van der Waals surface area contributed by atoms with Crippen molar-refractivity contribution < 1.29 is 23.4 Å². The van der Waals surface area contributed by atoms with Crippen LogP contribution in [-0.4, -0.2) is 30.4 Å². The van der Waals surface area contributed by atoms with Crippen LogP contribution < -0.4 is 15.4 Å². The molecule has 3 unspecified atom stereocenters. The third-order valence-electron chi connectivity index (χ3n) is 3.70. The Hall–Kier alpha value is -1.89. The van der Waals surface area contributed by atoms with Crippen LogP contribution in [0.15, 0.2) is 24.3 Å². The van der Waals surface area contributed by atoms with E-state index < -0.39 is 24.8 Å². The zero-order valence-electron chi connectivity index (χ0n) is 13.6. The first-order valence-corrected chi connectivity index (χ1v) is 7.60. The van der Waals surface area contributed by atoms with Gasteiger partial charge in [0.2, 0.25) is 0 Å². The van der Waals surface area contributed by atoms with E-state index in [-0.39, 0.29) is 18.2 Å². The number of nitrogens with one attached hydrogen (secondary N) is 2. The quantitative estimate of drug-likeness (QED) is 0.686. The number of carbonyl (C=O) groups excluding carboxylic acids is 1. The second kappa shape index (κ2) is 9.29. The molecule has 0 spiro atoms. The molecule has 3 N–H and O–H groups in total. The Kier molecular flexibility index (Phi) is 7.74. The number of hydrogen-bond donors (Lipinski definition) is 3. The summed E-state index contributed by atoms with van der Waals surface area (Å²) in [6, 6.07) is 5.33. The van der Waals surface area contributed by atoms with Crippen LogP contribution in [-0.2, 0) is 0 Å². The topological polar surface area (TPSA) is 70.6 Å². The molecule has 1 aromatic rings. The number of ether oxygens (including phenoxy) is 1. The molecule has 130 valence electrons. The van der Waals surface area contributed by atoms with Gasteiger partial charge in [-0.3, -0.25) is 0 Å². The maximum absolute atomic E-state index is 12.2. The van der Waals surface area contributed by atoms with Crippen LogP contribution in [0.25, 0.3) is 0 Å². The minimum Gasteiger partial charge on any atom is -0.435 e. The van der Waals surface area contributed by atoms with Crippen molar-refractivity contribution >= 4 is 6.03 Å². The number of urea groups is 1. The Labute approximate surface area is 135 Å². The third kappa shape index (κ3) is 6.81. The van der Waals surface area contributed by atoms with Crippen LogP contribution in [0.4, 0.5) is 13.6 Å². The molecule has 1 aromatic carbocycles. The second-order valence-corrected chi connectivity index (χ2v) is 5.48. The van der Waals surface area contributed by atoms with Crippen molar-refractivity contribution in [2.75, 3.05) is 6.54 Å². The van der Waals surface area contributed by atoms with Gasteiger partial charge in [0.15, 0.2) is 0 Å². The number of rotatable bonds is 8. The lowest BCUT2D eigenvalue weighted by Crippen LogP contribution is -2.42. The van der Waals surface area contributed by atoms with E-state index in [9.17, 15) is 18.7 Å². The molecule has 7 heteroatoms. The molecular formula is C16H24F2N2O3. The maximum atomic E-state index is 12.2. The summed E-state index contributed by atoms with van der Waals surface area (Å²) in [6.45, 7) is 2.86. The third-order valence-corrected chi connectivity index (χ3v) is 3.70. The van der Waals surface area contributed by atoms with Gasteiger partial charge in [0, 0.05) is 6.54 Å². The Bertz CT molecular complexity index is 500. The first-order valence-electron chi connectivity index (χ1n) is 7.60. The summed E-state index contributed by atoms with van der Waals surface area (Å²) < 4.78 is 28.7. The van der Waals surface area contributed by atoms with Gasteiger partial charge in [0.25, 0.3) is 0 Å². The monoisotopic (exact) mass is 330 g/mol. The summed E-state index contributed by atoms with van der Waals surface area (Å²) in [4.78, 5) is 11.8. The van der Waals surface area contributed by atoms with Crippen molar-refractivity contribution in [3.05, 3.63) is 29.8 Å². The van der Waals surface area contributed by atoms with E-state index in [0.717, 1.165) is 6.42 Å². The van der Waals surface area contributed by atoms with Gasteiger partial charge < -0.3 is 20.5 Å². The van der Waals surface area contributed by atoms with Crippen molar-refractivity contribution in [3.63, 3.8) is 0 Å². The molecule has 0 fully saturated rings. The Morgan fingerprint density at radius 1 is 1.35 bits per heavy atom. The van der Waals surface area contributed by atoms with E-state index >= 15 is 0 Å². The second-order valence-electron chi connectivity index (χ2n) is 5.48. The summed E-state index contributed by atoms with van der Waals surface area (Å²) in [5.74, 6) is 0.134. The number of halogens is 2. The van der Waals surface area contributed by atoms with Crippen LogP contribution >= 0.6 is 0 Å². The van der Waals surface area contributed by atoms with Crippen molar-refractivity contribution in [1.29, 1.82) is 0 Å². The van der Waals surface area contributed by atoms with Crippen LogP contribution in [0.1, 0.15) is 38.8 Å². The molecule has 1 rings (SSSR count). The highest BCUT2D eigenvalue weighted by Gasteiger charge is 2.15. The standard InChI is InChI=1S/C16H24F2N2O3/c1-4-10(2)14(21)9-19-16(22)20-11(3)12-6-5-7-13(8-12)23-15(17)18/h5-8,10-11,14-15,21H,4,9H2,1-3H3,(H2,19,20,22). The van der Waals surface area contributed by atoms with Crippen LogP contribution in [0.2, 0.25) is 0 Å². The Morgan fingerprint density at radius 3 is 2.65 bits per heavy atom. The number of alkyl halides is 2. The van der Waals surface area contributed by atoms with Crippen molar-refractivity contribution in [2.24, 2.45) is 5.92 Å². The van der Waals surface area contributed by atoms with E-state index in [4.69, 9.17) is 0 Å². The van der Waals surface area contributed by atoms with Gasteiger partial charge >= 0.3 is 12.6 Å². The zero-order valence-corrected chi connectivity index (χ0v) is 13.6. The first kappa shape index (κ1) is 19.2. The van der Waals surface area contributed by atoms with Crippen molar-refractivity contribution in [1.82, 2.24) is 10.6 Å². The summed E-state index contributed by atoms with van der Waals surface area (Å²) in [5.41, 5.74) is 0.640. The smallest absolute Gasteiger partial charge is 0.387 e. The molecule has 0 bridgehead atoms. The number of benzene rings is 1. The molecule has 2 amide bonds. The van der Waals surface area contributed by atoms with E-state index in [0.29, 0.717) is 5.56 Å². The number of carbonyl (C=O) groups is 1. The van der Waals surface area contributed by atoms with E-state index in [1.54, 1.807) is 19.1 Å². The molecule has 5 nitrogen and oxygen atoms in total. The number of aliphatic hydroxyl groups excluding tert-OH is 1. The predicted octanol–water partition coefficient (Wildman–Crippen LogP) is 3.06. The maximum Gasteiger partial charge on any atom is 0.387 e. The lowest BCUT2D eigenvalue weighted by molar-refractivity contribution is -0.0499. The Morgan fingerprint density at radius 2 is 2.04 bits per heavy atom. The van der Waals surface area contributed by atoms with E-state index in [1.807, 2.05) is 13.8 Å². The van der Waals surface area contributed by atoms with Crippen molar-refractivity contribution in [2.45, 2.75) is 45.9 Å². The number of amides is 2. The normalized spacial score (nSPS) is 14.9. The van der Waals surface area contributed by atoms with Gasteiger partial charge in [0.1, 0.15) is 5.75 Å². The van der Waals surface area contributed by atoms with Crippen molar-refractivity contribution in [3.8, 4) is 5.75 Å². The van der Waals surface area contributed by atoms with Gasteiger partial charge in [-0.1, -0.05) is 32.4 Å². The molecule has 0 heterocycles. The lowest BCUT2D eigenvalue weighted by Gasteiger charge is -2.20. The van der Waals surface area contributed by atoms with Gasteiger partial charge in [-0.15, -0.1) is 0 Å². The van der Waals surface area contributed by atoms with Crippen LogP contribution in [0, 0.1) is 5.92 Å². The lowest BCUT2D eigenvalue weighted by atomic mass is 10.0. The van der Waals surface area contributed by atoms with Crippen LogP contribution in [0.5, 0.6) is 5.75 Å². The van der Waals surface area contributed by atoms with E-state index in [2.05, 4.69) is 15.4 Å². The fourth-order valence-electron chi connectivity index (χ4n) is 1.96. The molecule has 0 aliphatic rings. The highest BCUT2D eigenvalue weighted by Crippen LogP contribution is 2.20. The fourth-order valence-corrected chi connectivity index (χ4v) is 1.96. The molecule has 0 saturated heterocycles. The highest BCUT2D eigenvalue weighted by molar-refractivity contribution is 5.74. The summed E-state index contributed by atoms with van der Waals surface area (Å²) >= 11 is 0. The predicted molar refractivity (Wildman–Crippen MR) is 83.5 cm³/mol. The van der Waals surface area contributed by atoms with Gasteiger partial charge in [0.05, 0.1) is 12.1 Å². The summed E-state index contributed by atoms with van der Waals surface area (Å²) in [6.07, 6.45) is 0.210. The molecule has 0 aromatic heterocycles. The van der Waals surface area contributed by atoms with Crippen LogP contribution in [0.3, 0.4) is 0 Å². The minimum absolute atomic E-state index is 0.0405. The molecule has 0 radical (unpaired) electrons. The average molecular weight is 330 g/mol. The molecule has 0 aliphatic heterocycles. The fraction of sp³-hybridized carbons (Fsp3) is 0.562. The largest absolute Gasteiger partial charge is 0.435 e. The molecule has 3 atom stereocenters. The average Bonchev–Trinajstić information content (AvgIpc) is 2.51. The molecular weight excluding hydrogens is 306 g/mol. The minimum atomic E-state index is -2.89. The molecule has 0 aliphatic carbocycles. The first-order chi connectivity index (χ1) is 10.8. The zero-order chi connectivity index (χ0) is 17.4. The Balaban J connectivity index is 2.52. The highest BCUT2D eigenvalue weighted by atomic mass is 19.3. The van der Waals surface area contributed by atoms with Gasteiger partial charge in [-0.2, -0.15) is 8.78 Å². The molecule has 0 saturated carbocycles. The summed E-state index contributed by atoms with van der Waals surface area (Å²) in [5, 5.41) is 15.1. The van der Waals surface area contributed by atoms with E-state index in [1.165, 1.54) is 12.1 Å². The number of hydrogen-bond acceptors (Lipinski definition) is 3.